The molecule has 7 nitrogen and oxygen atoms in total. The van der Waals surface area contributed by atoms with Crippen LogP contribution in [0.4, 0.5) is 5.69 Å². The second-order valence-corrected chi connectivity index (χ2v) is 6.03. The molecule has 1 aromatic heterocycles. The molecule has 2 N–H and O–H groups in total. The van der Waals surface area contributed by atoms with Crippen LogP contribution in [0.5, 0.6) is 5.75 Å². The molecule has 1 heterocycles. The number of fused-ring (bicyclic) bond motifs is 3. The van der Waals surface area contributed by atoms with E-state index in [-0.39, 0.29) is 22.6 Å². The van der Waals surface area contributed by atoms with Gasteiger partial charge in [-0.15, -0.1) is 0 Å². The number of methoxy groups -OCH3 is 1. The Bertz CT molecular complexity index is 1210. The fourth-order valence-electron chi connectivity index (χ4n) is 3.34. The van der Waals surface area contributed by atoms with Crippen LogP contribution in [-0.4, -0.2) is 28.1 Å². The molecule has 0 aliphatic carbocycles. The number of carbonyl (C=O) groups excluding carboxylic acids is 1. The summed E-state index contributed by atoms with van der Waals surface area (Å²) in [7, 11) is 1.23. The minimum absolute atomic E-state index is 0.0210. The molecule has 0 atom stereocenters. The van der Waals surface area contributed by atoms with Crippen molar-refractivity contribution in [2.75, 3.05) is 7.11 Å². The second-order valence-electron chi connectivity index (χ2n) is 6.03. The molecular formula is C20H14N2O5. The summed E-state index contributed by atoms with van der Waals surface area (Å²) in [6.07, 6.45) is 0. The first-order valence-corrected chi connectivity index (χ1v) is 8.10. The summed E-state index contributed by atoms with van der Waals surface area (Å²) in [6, 6.07) is 14.7. The number of nitro groups is 1. The maximum atomic E-state index is 12.6. The normalized spacial score (nSPS) is 11.0. The van der Waals surface area contributed by atoms with Gasteiger partial charge in [-0.05, 0) is 23.8 Å². The van der Waals surface area contributed by atoms with Crippen molar-refractivity contribution in [3.8, 4) is 16.9 Å². The SMILES string of the molecule is COC(=O)c1c(-c2ccc(O)cc2)c([N+](=O)[O-])cc2c1[nH]c1ccccc12. The molecule has 4 rings (SSSR count). The summed E-state index contributed by atoms with van der Waals surface area (Å²) in [5, 5.41) is 22.7. The van der Waals surface area contributed by atoms with E-state index < -0.39 is 10.9 Å². The number of aromatic hydroxyl groups is 1. The van der Waals surface area contributed by atoms with Gasteiger partial charge in [-0.2, -0.15) is 0 Å². The van der Waals surface area contributed by atoms with Crippen molar-refractivity contribution in [3.05, 3.63) is 70.3 Å². The van der Waals surface area contributed by atoms with Gasteiger partial charge in [0.1, 0.15) is 5.75 Å². The van der Waals surface area contributed by atoms with Gasteiger partial charge < -0.3 is 14.8 Å². The number of nitrogens with one attached hydrogen (secondary N) is 1. The lowest BCUT2D eigenvalue weighted by molar-refractivity contribution is -0.384. The fraction of sp³-hybridized carbons (Fsp3) is 0.0500. The van der Waals surface area contributed by atoms with Crippen molar-refractivity contribution >= 4 is 33.5 Å². The highest BCUT2D eigenvalue weighted by Crippen LogP contribution is 2.41. The van der Waals surface area contributed by atoms with Gasteiger partial charge in [-0.25, -0.2) is 4.79 Å². The largest absolute Gasteiger partial charge is 0.508 e. The average molecular weight is 362 g/mol. The lowest BCUT2D eigenvalue weighted by Gasteiger charge is -2.11. The molecule has 0 radical (unpaired) electrons. The lowest BCUT2D eigenvalue weighted by Crippen LogP contribution is -2.07. The number of carbonyl (C=O) groups is 1. The van der Waals surface area contributed by atoms with E-state index in [1.807, 2.05) is 24.3 Å². The van der Waals surface area contributed by atoms with Crippen LogP contribution in [0.2, 0.25) is 0 Å². The topological polar surface area (TPSA) is 105 Å². The number of H-pyrrole nitrogens is 1. The molecule has 27 heavy (non-hydrogen) atoms. The van der Waals surface area contributed by atoms with Crippen molar-refractivity contribution in [3.63, 3.8) is 0 Å². The van der Waals surface area contributed by atoms with Gasteiger partial charge in [0.05, 0.1) is 28.7 Å². The first kappa shape index (κ1) is 16.6. The van der Waals surface area contributed by atoms with Crippen molar-refractivity contribution < 1.29 is 19.6 Å². The van der Waals surface area contributed by atoms with Gasteiger partial charge in [-0.1, -0.05) is 30.3 Å². The van der Waals surface area contributed by atoms with E-state index >= 15 is 0 Å². The molecule has 0 saturated carbocycles. The zero-order chi connectivity index (χ0) is 19.1. The zero-order valence-electron chi connectivity index (χ0n) is 14.2. The van der Waals surface area contributed by atoms with Crippen LogP contribution < -0.4 is 0 Å². The van der Waals surface area contributed by atoms with Crippen molar-refractivity contribution in [1.82, 2.24) is 4.98 Å². The number of phenolic OH excluding ortho intramolecular Hbond substituents is 1. The Labute approximate surface area is 153 Å². The maximum Gasteiger partial charge on any atom is 0.340 e. The maximum absolute atomic E-state index is 12.6. The first-order valence-electron chi connectivity index (χ1n) is 8.10. The van der Waals surface area contributed by atoms with Crippen LogP contribution in [0.1, 0.15) is 10.4 Å². The predicted octanol–water partition coefficient (Wildman–Crippen LogP) is 4.39. The smallest absolute Gasteiger partial charge is 0.340 e. The number of para-hydroxylation sites is 1. The summed E-state index contributed by atoms with van der Waals surface area (Å²) in [4.78, 5) is 27.1. The number of nitrogens with zero attached hydrogens (tertiary/aromatic N) is 1. The van der Waals surface area contributed by atoms with E-state index in [1.165, 1.54) is 37.4 Å². The summed E-state index contributed by atoms with van der Waals surface area (Å²) >= 11 is 0. The number of hydrogen-bond donors (Lipinski definition) is 2. The number of aromatic nitrogens is 1. The van der Waals surface area contributed by atoms with Crippen LogP contribution in [0.25, 0.3) is 32.9 Å². The van der Waals surface area contributed by atoms with Gasteiger partial charge in [0.2, 0.25) is 0 Å². The highest BCUT2D eigenvalue weighted by atomic mass is 16.6. The van der Waals surface area contributed by atoms with E-state index in [9.17, 15) is 20.0 Å². The number of ether oxygens (including phenoxy) is 1. The number of esters is 1. The Morgan fingerprint density at radius 1 is 1.11 bits per heavy atom. The summed E-state index contributed by atoms with van der Waals surface area (Å²) in [5.41, 5.74) is 1.68. The zero-order valence-corrected chi connectivity index (χ0v) is 14.2. The Balaban J connectivity index is 2.21. The van der Waals surface area contributed by atoms with Crippen LogP contribution in [0.15, 0.2) is 54.6 Å². The van der Waals surface area contributed by atoms with E-state index in [4.69, 9.17) is 4.74 Å². The standard InChI is InChI=1S/C20H14N2O5/c1-27-20(24)18-17(11-6-8-12(23)9-7-11)16(22(25)26)10-14-13-4-2-3-5-15(13)21-19(14)18/h2-10,21,23H,1H3. The Hall–Kier alpha value is -3.87. The Kier molecular flexibility index (Phi) is 3.77. The molecule has 0 aliphatic heterocycles. The molecule has 0 bridgehead atoms. The van der Waals surface area contributed by atoms with Crippen LogP contribution >= 0.6 is 0 Å². The molecule has 7 heteroatoms. The quantitative estimate of drug-likeness (QED) is 0.319. The number of rotatable bonds is 3. The molecule has 3 aromatic carbocycles. The molecule has 134 valence electrons. The van der Waals surface area contributed by atoms with Gasteiger partial charge in [0.15, 0.2) is 0 Å². The predicted molar refractivity (Wildman–Crippen MR) is 101 cm³/mol. The Morgan fingerprint density at radius 2 is 1.81 bits per heavy atom. The highest BCUT2D eigenvalue weighted by Gasteiger charge is 2.29. The van der Waals surface area contributed by atoms with Gasteiger partial charge >= 0.3 is 5.97 Å². The molecule has 0 fully saturated rings. The summed E-state index contributed by atoms with van der Waals surface area (Å²) in [6.45, 7) is 0. The van der Waals surface area contributed by atoms with E-state index in [0.717, 1.165) is 10.9 Å². The molecule has 0 amide bonds. The third-order valence-electron chi connectivity index (χ3n) is 4.53. The Morgan fingerprint density at radius 3 is 2.48 bits per heavy atom. The van der Waals surface area contributed by atoms with Crippen LogP contribution in [0.3, 0.4) is 0 Å². The third-order valence-corrected chi connectivity index (χ3v) is 4.53. The molecule has 0 saturated heterocycles. The minimum Gasteiger partial charge on any atom is -0.508 e. The molecule has 0 aliphatic rings. The fourth-order valence-corrected chi connectivity index (χ4v) is 3.34. The minimum atomic E-state index is -0.682. The molecule has 4 aromatic rings. The number of nitro benzene ring substituents is 1. The van der Waals surface area contributed by atoms with Crippen LogP contribution in [0, 0.1) is 10.1 Å². The van der Waals surface area contributed by atoms with E-state index in [1.54, 1.807) is 0 Å². The molecule has 0 unspecified atom stereocenters. The average Bonchev–Trinajstić information content (AvgIpc) is 3.05. The highest BCUT2D eigenvalue weighted by molar-refractivity contribution is 6.18. The van der Waals surface area contributed by atoms with Gasteiger partial charge in [0, 0.05) is 22.4 Å². The van der Waals surface area contributed by atoms with Gasteiger partial charge in [-0.3, -0.25) is 10.1 Å². The van der Waals surface area contributed by atoms with Crippen molar-refractivity contribution in [1.29, 1.82) is 0 Å². The summed E-state index contributed by atoms with van der Waals surface area (Å²) < 4.78 is 4.93. The number of aromatic amines is 1. The number of benzene rings is 3. The lowest BCUT2D eigenvalue weighted by atomic mass is 9.94. The molecule has 0 spiro atoms. The monoisotopic (exact) mass is 362 g/mol. The van der Waals surface area contributed by atoms with E-state index in [0.29, 0.717) is 16.5 Å². The van der Waals surface area contributed by atoms with Gasteiger partial charge in [0.25, 0.3) is 5.69 Å². The van der Waals surface area contributed by atoms with Crippen LogP contribution in [-0.2, 0) is 4.74 Å². The number of hydrogen-bond acceptors (Lipinski definition) is 5. The molecular weight excluding hydrogens is 348 g/mol. The van der Waals surface area contributed by atoms with Crippen molar-refractivity contribution in [2.45, 2.75) is 0 Å². The third kappa shape index (κ3) is 2.56. The summed E-state index contributed by atoms with van der Waals surface area (Å²) in [5.74, 6) is -0.661. The first-order chi connectivity index (χ1) is 13.0. The second kappa shape index (κ2) is 6.14. The van der Waals surface area contributed by atoms with Crippen molar-refractivity contribution in [2.24, 2.45) is 0 Å². The number of phenols is 1. The van der Waals surface area contributed by atoms with E-state index in [2.05, 4.69) is 4.98 Å².